The average molecular weight is 278 g/mol. The smallest absolute Gasteiger partial charge is 0.0981 e. The molecule has 0 saturated carbocycles. The summed E-state index contributed by atoms with van der Waals surface area (Å²) in [4.78, 5) is 2.31. The van der Waals surface area contributed by atoms with E-state index in [1.54, 1.807) is 0 Å². The van der Waals surface area contributed by atoms with Gasteiger partial charge in [-0.05, 0) is 24.6 Å². The van der Waals surface area contributed by atoms with E-state index >= 15 is 0 Å². The standard InChI is InChI=1S/C16H26N2O2/c1-12(2)17-8-14-4-6-15(7-5-14)18-9-16(10-19)20-11-13(18)3/h4-7,12-13,16-17,19H,8-11H2,1-3H3. The van der Waals surface area contributed by atoms with E-state index in [2.05, 4.69) is 55.3 Å². The molecule has 2 N–H and O–H groups in total. The van der Waals surface area contributed by atoms with Gasteiger partial charge in [0.2, 0.25) is 0 Å². The molecule has 0 aliphatic carbocycles. The van der Waals surface area contributed by atoms with Crippen molar-refractivity contribution in [2.45, 2.75) is 45.5 Å². The van der Waals surface area contributed by atoms with Crippen molar-refractivity contribution in [1.82, 2.24) is 5.32 Å². The van der Waals surface area contributed by atoms with Crippen LogP contribution in [-0.4, -0.2) is 43.1 Å². The summed E-state index contributed by atoms with van der Waals surface area (Å²) < 4.78 is 5.58. The molecule has 1 aliphatic heterocycles. The van der Waals surface area contributed by atoms with Crippen LogP contribution in [0.1, 0.15) is 26.3 Å². The van der Waals surface area contributed by atoms with E-state index in [0.717, 1.165) is 13.1 Å². The van der Waals surface area contributed by atoms with E-state index in [9.17, 15) is 5.11 Å². The van der Waals surface area contributed by atoms with Gasteiger partial charge >= 0.3 is 0 Å². The van der Waals surface area contributed by atoms with Gasteiger partial charge in [0.1, 0.15) is 0 Å². The van der Waals surface area contributed by atoms with Crippen LogP contribution in [0.15, 0.2) is 24.3 Å². The van der Waals surface area contributed by atoms with Gasteiger partial charge in [0.15, 0.2) is 0 Å². The molecule has 0 radical (unpaired) electrons. The summed E-state index contributed by atoms with van der Waals surface area (Å²) in [6.07, 6.45) is -0.0755. The van der Waals surface area contributed by atoms with Crippen molar-refractivity contribution >= 4 is 5.69 Å². The van der Waals surface area contributed by atoms with Gasteiger partial charge in [0, 0.05) is 30.9 Å². The van der Waals surface area contributed by atoms with E-state index in [-0.39, 0.29) is 12.7 Å². The normalized spacial score (nSPS) is 23.4. The SMILES string of the molecule is CC(C)NCc1ccc(N2CC(CO)OCC2C)cc1. The monoisotopic (exact) mass is 278 g/mol. The largest absolute Gasteiger partial charge is 0.394 e. The fourth-order valence-electron chi connectivity index (χ4n) is 2.41. The molecule has 4 nitrogen and oxygen atoms in total. The molecular formula is C16H26N2O2. The van der Waals surface area contributed by atoms with Crippen LogP contribution >= 0.6 is 0 Å². The number of morpholine rings is 1. The molecule has 1 aliphatic rings. The summed E-state index contributed by atoms with van der Waals surface area (Å²) in [7, 11) is 0. The third-order valence-electron chi connectivity index (χ3n) is 3.69. The number of aliphatic hydroxyl groups excluding tert-OH is 1. The summed E-state index contributed by atoms with van der Waals surface area (Å²) in [5, 5.41) is 12.7. The molecule has 112 valence electrons. The Morgan fingerprint density at radius 3 is 2.65 bits per heavy atom. The number of nitrogens with one attached hydrogen (secondary N) is 1. The minimum absolute atomic E-state index is 0.0755. The van der Waals surface area contributed by atoms with E-state index in [1.165, 1.54) is 11.3 Å². The summed E-state index contributed by atoms with van der Waals surface area (Å²) >= 11 is 0. The zero-order valence-corrected chi connectivity index (χ0v) is 12.7. The van der Waals surface area contributed by atoms with Crippen molar-refractivity contribution in [2.24, 2.45) is 0 Å². The lowest BCUT2D eigenvalue weighted by molar-refractivity contribution is -0.0103. The molecule has 1 heterocycles. The highest BCUT2D eigenvalue weighted by Crippen LogP contribution is 2.22. The van der Waals surface area contributed by atoms with E-state index in [4.69, 9.17) is 4.74 Å². The van der Waals surface area contributed by atoms with Crippen molar-refractivity contribution in [1.29, 1.82) is 0 Å². The predicted molar refractivity (Wildman–Crippen MR) is 82.1 cm³/mol. The second-order valence-electron chi connectivity index (χ2n) is 5.84. The second-order valence-corrected chi connectivity index (χ2v) is 5.84. The van der Waals surface area contributed by atoms with E-state index in [0.29, 0.717) is 18.7 Å². The maximum absolute atomic E-state index is 9.25. The lowest BCUT2D eigenvalue weighted by Crippen LogP contribution is -2.49. The third kappa shape index (κ3) is 3.95. The van der Waals surface area contributed by atoms with Crippen LogP contribution in [-0.2, 0) is 11.3 Å². The number of hydrogen-bond acceptors (Lipinski definition) is 4. The molecule has 0 amide bonds. The highest BCUT2D eigenvalue weighted by molar-refractivity contribution is 5.49. The van der Waals surface area contributed by atoms with E-state index in [1.807, 2.05) is 0 Å². The number of benzene rings is 1. The quantitative estimate of drug-likeness (QED) is 0.861. The zero-order chi connectivity index (χ0) is 14.5. The Hall–Kier alpha value is -1.10. The van der Waals surface area contributed by atoms with Gasteiger partial charge in [-0.15, -0.1) is 0 Å². The Kier molecular flexibility index (Phi) is 5.40. The fraction of sp³-hybridized carbons (Fsp3) is 0.625. The lowest BCUT2D eigenvalue weighted by Gasteiger charge is -2.39. The maximum atomic E-state index is 9.25. The number of ether oxygens (including phenoxy) is 1. The molecule has 1 aromatic carbocycles. The van der Waals surface area contributed by atoms with Gasteiger partial charge in [-0.1, -0.05) is 26.0 Å². The summed E-state index contributed by atoms with van der Waals surface area (Å²) in [5.74, 6) is 0. The highest BCUT2D eigenvalue weighted by atomic mass is 16.5. The number of rotatable bonds is 5. The minimum Gasteiger partial charge on any atom is -0.394 e. The number of aliphatic hydroxyl groups is 1. The first-order valence-electron chi connectivity index (χ1n) is 7.41. The van der Waals surface area contributed by atoms with Gasteiger partial charge in [-0.3, -0.25) is 0 Å². The molecule has 1 fully saturated rings. The summed E-state index contributed by atoms with van der Waals surface area (Å²) in [6.45, 7) is 8.86. The first-order valence-corrected chi connectivity index (χ1v) is 7.41. The van der Waals surface area contributed by atoms with Gasteiger partial charge in [0.05, 0.1) is 19.3 Å². The van der Waals surface area contributed by atoms with Gasteiger partial charge in [0.25, 0.3) is 0 Å². The molecule has 4 heteroatoms. The second kappa shape index (κ2) is 7.07. The Morgan fingerprint density at radius 2 is 2.05 bits per heavy atom. The molecule has 1 aromatic rings. The van der Waals surface area contributed by atoms with Crippen LogP contribution in [0, 0.1) is 0 Å². The minimum atomic E-state index is -0.0755. The van der Waals surface area contributed by atoms with Crippen molar-refractivity contribution in [3.05, 3.63) is 29.8 Å². The molecule has 2 atom stereocenters. The molecule has 1 saturated heterocycles. The van der Waals surface area contributed by atoms with Crippen LogP contribution < -0.4 is 10.2 Å². The Bertz CT molecular complexity index is 405. The number of nitrogens with zero attached hydrogens (tertiary/aromatic N) is 1. The van der Waals surface area contributed by atoms with Crippen LogP contribution in [0.3, 0.4) is 0 Å². The van der Waals surface area contributed by atoms with Crippen LogP contribution in [0.4, 0.5) is 5.69 Å². The molecule has 2 rings (SSSR count). The highest BCUT2D eigenvalue weighted by Gasteiger charge is 2.25. The van der Waals surface area contributed by atoms with Crippen LogP contribution in [0.2, 0.25) is 0 Å². The van der Waals surface area contributed by atoms with Crippen molar-refractivity contribution in [3.63, 3.8) is 0 Å². The van der Waals surface area contributed by atoms with Gasteiger partial charge in [-0.2, -0.15) is 0 Å². The first kappa shape index (κ1) is 15.3. The maximum Gasteiger partial charge on any atom is 0.0981 e. The van der Waals surface area contributed by atoms with Gasteiger partial charge in [-0.25, -0.2) is 0 Å². The molecule has 2 unspecified atom stereocenters. The number of hydrogen-bond donors (Lipinski definition) is 2. The summed E-state index contributed by atoms with van der Waals surface area (Å²) in [6, 6.07) is 9.50. The molecular weight excluding hydrogens is 252 g/mol. The van der Waals surface area contributed by atoms with Crippen molar-refractivity contribution < 1.29 is 9.84 Å². The van der Waals surface area contributed by atoms with Crippen LogP contribution in [0.5, 0.6) is 0 Å². The molecule has 0 spiro atoms. The molecule has 20 heavy (non-hydrogen) atoms. The lowest BCUT2D eigenvalue weighted by atomic mass is 10.1. The first-order chi connectivity index (χ1) is 9.60. The topological polar surface area (TPSA) is 44.7 Å². The Labute approximate surface area is 121 Å². The Morgan fingerprint density at radius 1 is 1.35 bits per heavy atom. The Balaban J connectivity index is 2.01. The molecule has 0 bridgehead atoms. The number of anilines is 1. The van der Waals surface area contributed by atoms with E-state index < -0.39 is 0 Å². The fourth-order valence-corrected chi connectivity index (χ4v) is 2.41. The zero-order valence-electron chi connectivity index (χ0n) is 12.7. The summed E-state index contributed by atoms with van der Waals surface area (Å²) in [5.41, 5.74) is 2.50. The average Bonchev–Trinajstić information content (AvgIpc) is 2.46. The van der Waals surface area contributed by atoms with Gasteiger partial charge < -0.3 is 20.1 Å². The third-order valence-corrected chi connectivity index (χ3v) is 3.69. The van der Waals surface area contributed by atoms with Crippen LogP contribution in [0.25, 0.3) is 0 Å². The van der Waals surface area contributed by atoms with Crippen molar-refractivity contribution in [3.8, 4) is 0 Å². The predicted octanol–water partition coefficient (Wildman–Crippen LogP) is 1.77. The molecule has 0 aromatic heterocycles. The van der Waals surface area contributed by atoms with Crippen molar-refractivity contribution in [2.75, 3.05) is 24.7 Å².